The molecule has 0 bridgehead atoms. The molecule has 0 atom stereocenters. The predicted molar refractivity (Wildman–Crippen MR) is 50.7 cm³/mol. The number of hydrogen-bond acceptors (Lipinski definition) is 4. The largest absolute Gasteiger partial charge is 0.359 e. The van der Waals surface area contributed by atoms with E-state index in [2.05, 4.69) is 10.1 Å². The molecule has 4 heteroatoms. The highest BCUT2D eigenvalue weighted by molar-refractivity contribution is 5.38. The minimum atomic E-state index is 0.620. The second-order valence-electron chi connectivity index (χ2n) is 3.38. The third kappa shape index (κ3) is 1.83. The molecule has 2 heterocycles. The summed E-state index contributed by atoms with van der Waals surface area (Å²) in [4.78, 5) is 2.25. The predicted octanol–water partition coefficient (Wildman–Crippen LogP) is 0.776. The molecule has 0 aromatic carbocycles. The van der Waals surface area contributed by atoms with E-state index in [-0.39, 0.29) is 0 Å². The van der Waals surface area contributed by atoms with E-state index in [1.54, 1.807) is 0 Å². The molecule has 4 nitrogen and oxygen atoms in total. The third-order valence-corrected chi connectivity index (χ3v) is 2.37. The average Bonchev–Trinajstić information content (AvgIpc) is 2.70. The van der Waals surface area contributed by atoms with Crippen LogP contribution in [-0.2, 0) is 6.42 Å². The van der Waals surface area contributed by atoms with Crippen molar-refractivity contribution in [3.05, 3.63) is 11.8 Å². The lowest BCUT2D eigenvalue weighted by Gasteiger charge is -2.11. The second-order valence-corrected chi connectivity index (χ2v) is 3.38. The van der Waals surface area contributed by atoms with E-state index in [9.17, 15) is 0 Å². The Bertz CT molecular complexity index is 266. The number of rotatable bonds is 3. The molecule has 1 aliphatic heterocycles. The molecule has 1 aliphatic rings. The summed E-state index contributed by atoms with van der Waals surface area (Å²) in [5, 5.41) is 4.01. The van der Waals surface area contributed by atoms with Crippen molar-refractivity contribution in [2.75, 3.05) is 24.5 Å². The normalized spacial score (nSPS) is 16.8. The summed E-state index contributed by atoms with van der Waals surface area (Å²) in [6.07, 6.45) is 3.30. The Morgan fingerprint density at radius 3 is 2.92 bits per heavy atom. The van der Waals surface area contributed by atoms with Crippen LogP contribution in [0.3, 0.4) is 0 Å². The monoisotopic (exact) mass is 181 g/mol. The van der Waals surface area contributed by atoms with Gasteiger partial charge in [-0.05, 0) is 19.4 Å². The van der Waals surface area contributed by atoms with Crippen LogP contribution >= 0.6 is 0 Å². The van der Waals surface area contributed by atoms with E-state index in [4.69, 9.17) is 10.3 Å². The molecular weight excluding hydrogens is 166 g/mol. The van der Waals surface area contributed by atoms with Crippen LogP contribution in [-0.4, -0.2) is 24.8 Å². The Balaban J connectivity index is 2.03. The highest BCUT2D eigenvalue weighted by atomic mass is 16.5. The first-order valence-electron chi connectivity index (χ1n) is 4.81. The van der Waals surface area contributed by atoms with Crippen molar-refractivity contribution < 1.29 is 4.52 Å². The summed E-state index contributed by atoms with van der Waals surface area (Å²) in [6, 6.07) is 2.00. The van der Waals surface area contributed by atoms with E-state index in [0.717, 1.165) is 31.1 Å². The molecule has 0 amide bonds. The van der Waals surface area contributed by atoms with Crippen LogP contribution in [0.5, 0.6) is 0 Å². The molecular formula is C9H15N3O. The second kappa shape index (κ2) is 3.79. The molecule has 72 valence electrons. The van der Waals surface area contributed by atoms with E-state index >= 15 is 0 Å². The summed E-state index contributed by atoms with van der Waals surface area (Å²) in [7, 11) is 0. The number of nitrogens with zero attached hydrogens (tertiary/aromatic N) is 2. The highest BCUT2D eigenvalue weighted by Gasteiger charge is 2.15. The maximum Gasteiger partial charge on any atom is 0.172 e. The van der Waals surface area contributed by atoms with Crippen molar-refractivity contribution in [3.63, 3.8) is 0 Å². The van der Waals surface area contributed by atoms with Crippen molar-refractivity contribution in [3.8, 4) is 0 Å². The Morgan fingerprint density at radius 2 is 2.23 bits per heavy atom. The van der Waals surface area contributed by atoms with Crippen molar-refractivity contribution in [2.24, 2.45) is 5.73 Å². The lowest BCUT2D eigenvalue weighted by molar-refractivity contribution is 0.385. The SMILES string of the molecule is NCCc1cc(N2CCCC2)no1. The van der Waals surface area contributed by atoms with Crippen LogP contribution in [0, 0.1) is 0 Å². The van der Waals surface area contributed by atoms with Gasteiger partial charge >= 0.3 is 0 Å². The van der Waals surface area contributed by atoms with Gasteiger partial charge in [-0.3, -0.25) is 0 Å². The summed E-state index contributed by atoms with van der Waals surface area (Å²) < 4.78 is 5.15. The molecule has 0 radical (unpaired) electrons. The molecule has 0 unspecified atom stereocenters. The first-order chi connectivity index (χ1) is 6.40. The Hall–Kier alpha value is -1.03. The van der Waals surface area contributed by atoms with Crippen LogP contribution < -0.4 is 10.6 Å². The summed E-state index contributed by atoms with van der Waals surface area (Å²) in [6.45, 7) is 2.83. The zero-order valence-electron chi connectivity index (χ0n) is 7.70. The van der Waals surface area contributed by atoms with Crippen LogP contribution in [0.4, 0.5) is 5.82 Å². The molecule has 1 aromatic heterocycles. The number of hydrogen-bond donors (Lipinski definition) is 1. The fourth-order valence-corrected chi connectivity index (χ4v) is 1.66. The van der Waals surface area contributed by atoms with Gasteiger partial charge in [0.2, 0.25) is 0 Å². The maximum absolute atomic E-state index is 5.42. The van der Waals surface area contributed by atoms with Gasteiger partial charge in [0.1, 0.15) is 5.76 Å². The molecule has 1 saturated heterocycles. The van der Waals surface area contributed by atoms with Gasteiger partial charge in [0.15, 0.2) is 5.82 Å². The smallest absolute Gasteiger partial charge is 0.172 e. The quantitative estimate of drug-likeness (QED) is 0.748. The third-order valence-electron chi connectivity index (χ3n) is 2.37. The van der Waals surface area contributed by atoms with E-state index in [1.807, 2.05) is 6.07 Å². The molecule has 2 N–H and O–H groups in total. The van der Waals surface area contributed by atoms with Crippen molar-refractivity contribution in [2.45, 2.75) is 19.3 Å². The first kappa shape index (κ1) is 8.56. The fourth-order valence-electron chi connectivity index (χ4n) is 1.66. The van der Waals surface area contributed by atoms with Gasteiger partial charge in [-0.1, -0.05) is 5.16 Å². The molecule has 13 heavy (non-hydrogen) atoms. The fraction of sp³-hybridized carbons (Fsp3) is 0.667. The minimum Gasteiger partial charge on any atom is -0.359 e. The minimum absolute atomic E-state index is 0.620. The first-order valence-corrected chi connectivity index (χ1v) is 4.81. The van der Waals surface area contributed by atoms with Crippen molar-refractivity contribution in [1.29, 1.82) is 0 Å². The van der Waals surface area contributed by atoms with Gasteiger partial charge in [-0.2, -0.15) is 0 Å². The molecule has 1 fully saturated rings. The zero-order valence-corrected chi connectivity index (χ0v) is 7.70. The molecule has 0 spiro atoms. The van der Waals surface area contributed by atoms with Crippen LogP contribution in [0.15, 0.2) is 10.6 Å². The van der Waals surface area contributed by atoms with Crippen LogP contribution in [0.2, 0.25) is 0 Å². The van der Waals surface area contributed by atoms with Crippen LogP contribution in [0.1, 0.15) is 18.6 Å². The summed E-state index contributed by atoms with van der Waals surface area (Å²) in [5.41, 5.74) is 5.42. The number of nitrogens with two attached hydrogens (primary N) is 1. The lowest BCUT2D eigenvalue weighted by atomic mass is 10.3. The van der Waals surface area contributed by atoms with Gasteiger partial charge in [-0.25, -0.2) is 0 Å². The van der Waals surface area contributed by atoms with Crippen LogP contribution in [0.25, 0.3) is 0 Å². The molecule has 0 aliphatic carbocycles. The Morgan fingerprint density at radius 1 is 1.46 bits per heavy atom. The highest BCUT2D eigenvalue weighted by Crippen LogP contribution is 2.19. The number of anilines is 1. The maximum atomic E-state index is 5.42. The standard InChI is InChI=1S/C9H15N3O/c10-4-3-8-7-9(11-13-8)12-5-1-2-6-12/h7H,1-6,10H2. The summed E-state index contributed by atoms with van der Waals surface area (Å²) in [5.74, 6) is 1.87. The zero-order chi connectivity index (χ0) is 9.10. The van der Waals surface area contributed by atoms with Gasteiger partial charge in [0.25, 0.3) is 0 Å². The average molecular weight is 181 g/mol. The molecule has 0 saturated carbocycles. The Kier molecular flexibility index (Phi) is 2.49. The van der Waals surface area contributed by atoms with Gasteiger partial charge in [0.05, 0.1) is 0 Å². The molecule has 2 rings (SSSR count). The Labute approximate surface area is 77.7 Å². The topological polar surface area (TPSA) is 55.3 Å². The van der Waals surface area contributed by atoms with E-state index in [0.29, 0.717) is 6.54 Å². The van der Waals surface area contributed by atoms with Crippen molar-refractivity contribution in [1.82, 2.24) is 5.16 Å². The van der Waals surface area contributed by atoms with Gasteiger partial charge < -0.3 is 15.2 Å². The lowest BCUT2D eigenvalue weighted by Crippen LogP contribution is -2.17. The van der Waals surface area contributed by atoms with Crippen molar-refractivity contribution >= 4 is 5.82 Å². The summed E-state index contributed by atoms with van der Waals surface area (Å²) >= 11 is 0. The van der Waals surface area contributed by atoms with Gasteiger partial charge in [-0.15, -0.1) is 0 Å². The van der Waals surface area contributed by atoms with E-state index < -0.39 is 0 Å². The number of aromatic nitrogens is 1. The molecule has 1 aromatic rings. The van der Waals surface area contributed by atoms with Gasteiger partial charge in [0, 0.05) is 25.6 Å². The van der Waals surface area contributed by atoms with E-state index in [1.165, 1.54) is 12.8 Å².